The second-order valence-corrected chi connectivity index (χ2v) is 18.4. The molecule has 4 atom stereocenters. The quantitative estimate of drug-likeness (QED) is 0.163. The van der Waals surface area contributed by atoms with Crippen molar-refractivity contribution in [1.82, 2.24) is 0 Å². The molecule has 10 aromatic rings. The van der Waals surface area contributed by atoms with Crippen LogP contribution in [0.4, 0.5) is 0 Å². The van der Waals surface area contributed by atoms with Crippen molar-refractivity contribution in [3.63, 3.8) is 0 Å². The summed E-state index contributed by atoms with van der Waals surface area (Å²) in [5.74, 6) is 0.789. The summed E-state index contributed by atoms with van der Waals surface area (Å²) in [6, 6.07) is 72.8. The van der Waals surface area contributed by atoms with Gasteiger partial charge in [0.15, 0.2) is 0 Å². The Hall–Kier alpha value is -7.48. The van der Waals surface area contributed by atoms with Gasteiger partial charge in [-0.2, -0.15) is 0 Å². The highest BCUT2D eigenvalue weighted by molar-refractivity contribution is 6.12. The third-order valence-corrected chi connectivity index (χ3v) is 15.4. The molecular weight excluding hydrogens is 761 g/mol. The van der Waals surface area contributed by atoms with Crippen LogP contribution in [0.2, 0.25) is 0 Å². The molecule has 1 heteroatoms. The Morgan fingerprint density at radius 1 is 0.508 bits per heavy atom. The summed E-state index contributed by atoms with van der Waals surface area (Å²) in [5.41, 5.74) is 27.3. The van der Waals surface area contributed by atoms with Gasteiger partial charge in [-0.25, -0.2) is 0 Å². The van der Waals surface area contributed by atoms with Crippen LogP contribution < -0.4 is 0 Å². The second-order valence-electron chi connectivity index (χ2n) is 18.4. The molecule has 1 aromatic heterocycles. The molecule has 1 heterocycles. The molecule has 9 aromatic carbocycles. The fourth-order valence-corrected chi connectivity index (χ4v) is 12.5. The number of hydrogen-bond donors (Lipinski definition) is 0. The van der Waals surface area contributed by atoms with E-state index in [0.717, 1.165) is 22.1 Å². The monoisotopic (exact) mass is 802 g/mol. The maximum atomic E-state index is 6.29. The van der Waals surface area contributed by atoms with E-state index in [1.807, 2.05) is 6.07 Å². The summed E-state index contributed by atoms with van der Waals surface area (Å²) in [6.07, 6.45) is 1.18. The van der Waals surface area contributed by atoms with Gasteiger partial charge in [0, 0.05) is 22.1 Å². The molecule has 63 heavy (non-hydrogen) atoms. The van der Waals surface area contributed by atoms with E-state index in [0.29, 0.717) is 5.92 Å². The Morgan fingerprint density at radius 3 is 2.02 bits per heavy atom. The number of benzene rings is 9. The zero-order valence-electron chi connectivity index (χ0n) is 35.0. The third kappa shape index (κ3) is 4.77. The first-order valence-electron chi connectivity index (χ1n) is 22.5. The van der Waals surface area contributed by atoms with Gasteiger partial charge in [-0.05, 0) is 142 Å². The van der Waals surface area contributed by atoms with E-state index in [1.54, 1.807) is 5.56 Å². The molecule has 0 saturated heterocycles. The highest BCUT2D eigenvalue weighted by Crippen LogP contribution is 2.75. The minimum absolute atomic E-state index is 0.0959. The van der Waals surface area contributed by atoms with E-state index in [-0.39, 0.29) is 17.3 Å². The molecule has 1 fully saturated rings. The highest BCUT2D eigenvalue weighted by atomic mass is 16.3. The van der Waals surface area contributed by atoms with E-state index in [2.05, 4.69) is 202 Å². The topological polar surface area (TPSA) is 13.1 Å². The molecule has 0 aliphatic heterocycles. The van der Waals surface area contributed by atoms with Gasteiger partial charge in [-0.15, -0.1) is 0 Å². The minimum atomic E-state index is 0.0959. The largest absolute Gasteiger partial charge is 0.456 e. The lowest BCUT2D eigenvalue weighted by atomic mass is 9.70. The smallest absolute Gasteiger partial charge is 0.136 e. The van der Waals surface area contributed by atoms with Crippen LogP contribution in [-0.2, 0) is 5.41 Å². The van der Waals surface area contributed by atoms with E-state index >= 15 is 0 Å². The van der Waals surface area contributed by atoms with Crippen molar-refractivity contribution in [2.45, 2.75) is 36.5 Å². The molecule has 3 unspecified atom stereocenters. The summed E-state index contributed by atoms with van der Waals surface area (Å²) in [6.45, 7) is 6.89. The number of fused-ring (bicyclic) bond motifs is 11. The first-order valence-corrected chi connectivity index (χ1v) is 22.5. The van der Waals surface area contributed by atoms with Gasteiger partial charge in [0.25, 0.3) is 0 Å². The number of rotatable bonds is 6. The van der Waals surface area contributed by atoms with E-state index < -0.39 is 0 Å². The lowest BCUT2D eigenvalue weighted by molar-refractivity contribution is 0.657. The zero-order chi connectivity index (χ0) is 41.6. The fourth-order valence-electron chi connectivity index (χ4n) is 12.5. The van der Waals surface area contributed by atoms with Crippen LogP contribution in [0.25, 0.3) is 83.1 Å². The molecule has 1 saturated carbocycles. The minimum Gasteiger partial charge on any atom is -0.456 e. The van der Waals surface area contributed by atoms with Crippen molar-refractivity contribution in [3.8, 4) is 55.6 Å². The van der Waals surface area contributed by atoms with Gasteiger partial charge in [-0.3, -0.25) is 0 Å². The van der Waals surface area contributed by atoms with Crippen molar-refractivity contribution in [2.75, 3.05) is 0 Å². The second kappa shape index (κ2) is 12.8. The van der Waals surface area contributed by atoms with E-state index in [4.69, 9.17) is 4.42 Å². The lowest BCUT2D eigenvalue weighted by Gasteiger charge is -2.33. The maximum absolute atomic E-state index is 6.29. The van der Waals surface area contributed by atoms with Crippen LogP contribution in [0.15, 0.2) is 205 Å². The normalized spacial score (nSPS) is 18.0. The molecule has 1 nitrogen and oxygen atoms in total. The van der Waals surface area contributed by atoms with Gasteiger partial charge in [0.2, 0.25) is 0 Å². The van der Waals surface area contributed by atoms with Gasteiger partial charge >= 0.3 is 0 Å². The Labute approximate surface area is 367 Å². The summed E-state index contributed by atoms with van der Waals surface area (Å²) in [5, 5.41) is 2.33. The molecular formula is C62H42O. The van der Waals surface area contributed by atoms with Gasteiger partial charge in [0.1, 0.15) is 11.2 Å². The Bertz CT molecular complexity index is 3580. The van der Waals surface area contributed by atoms with E-state index in [9.17, 15) is 0 Å². The van der Waals surface area contributed by atoms with Crippen LogP contribution in [0, 0.1) is 0 Å². The van der Waals surface area contributed by atoms with Crippen molar-refractivity contribution in [1.29, 1.82) is 0 Å². The fraction of sp³-hybridized carbons (Fsp3) is 0.0968. The van der Waals surface area contributed by atoms with Crippen LogP contribution in [0.3, 0.4) is 0 Å². The van der Waals surface area contributed by atoms with Crippen LogP contribution >= 0.6 is 0 Å². The van der Waals surface area contributed by atoms with Gasteiger partial charge in [0.05, 0.1) is 0 Å². The van der Waals surface area contributed by atoms with E-state index in [1.165, 1.54) is 106 Å². The molecule has 4 aliphatic carbocycles. The van der Waals surface area contributed by atoms with Gasteiger partial charge < -0.3 is 4.42 Å². The predicted molar refractivity (Wildman–Crippen MR) is 260 cm³/mol. The van der Waals surface area contributed by atoms with Crippen LogP contribution in [0.1, 0.15) is 75.6 Å². The Kier molecular flexibility index (Phi) is 7.13. The third-order valence-electron chi connectivity index (χ3n) is 15.4. The first-order chi connectivity index (χ1) is 31.1. The molecule has 0 N–H and O–H groups in total. The summed E-state index contributed by atoms with van der Waals surface area (Å²) in [7, 11) is 0. The number of furan rings is 1. The molecule has 296 valence electrons. The van der Waals surface area contributed by atoms with Crippen molar-refractivity contribution in [2.24, 2.45) is 0 Å². The maximum Gasteiger partial charge on any atom is 0.136 e. The molecule has 4 aliphatic rings. The molecule has 0 amide bonds. The number of para-hydroxylation sites is 1. The summed E-state index contributed by atoms with van der Waals surface area (Å²) >= 11 is 0. The standard InChI is InChI=1S/C62H42O/c1-36(38-24-28-40(29-25-38)45-16-11-23-57-60(45)50-15-6-8-22-56(50)63-57)58(41-30-26-39(27-31-41)42-32-33-44-37(2)43-12-3-4-13-46(43)53(44)34-42)51-19-10-18-49-55-35-62(55)54-21-7-5-14-47(54)48-17-9-20-52(59(49)51)61(48)62/h3-34,36,55,58H,2,35H2,1H3/t36-,55?,58?,62?/m0/s1. The van der Waals surface area contributed by atoms with Crippen molar-refractivity contribution in [3.05, 3.63) is 245 Å². The van der Waals surface area contributed by atoms with Crippen molar-refractivity contribution >= 4 is 27.5 Å². The molecule has 14 rings (SSSR count). The average Bonchev–Trinajstić information content (AvgIpc) is 3.78. The summed E-state index contributed by atoms with van der Waals surface area (Å²) < 4.78 is 6.29. The summed E-state index contributed by atoms with van der Waals surface area (Å²) in [4.78, 5) is 0. The SMILES string of the molecule is C=C1c2ccccc2-c2cc(-c3ccc(C(c4cccc5c4-c4cccc6c4C4(CC54)c4ccccc4-6)[C@@H](C)c4ccc(-c5cccc6oc7ccccc7c56)cc4)cc3)ccc21. The van der Waals surface area contributed by atoms with Crippen molar-refractivity contribution < 1.29 is 4.42 Å². The molecule has 1 spiro atoms. The zero-order valence-corrected chi connectivity index (χ0v) is 35.0. The number of hydrogen-bond acceptors (Lipinski definition) is 1. The molecule has 0 radical (unpaired) electrons. The van der Waals surface area contributed by atoms with Gasteiger partial charge in [-0.1, -0.05) is 189 Å². The van der Waals surface area contributed by atoms with Crippen LogP contribution in [-0.4, -0.2) is 0 Å². The highest BCUT2D eigenvalue weighted by Gasteiger charge is 2.64. The predicted octanol–water partition coefficient (Wildman–Crippen LogP) is 16.3. The van der Waals surface area contributed by atoms with Crippen LogP contribution in [0.5, 0.6) is 0 Å². The Balaban J connectivity index is 0.906. The Morgan fingerprint density at radius 2 is 1.14 bits per heavy atom. The first kappa shape index (κ1) is 35.2. The lowest BCUT2D eigenvalue weighted by Crippen LogP contribution is -2.18. The average molecular weight is 803 g/mol. The molecule has 0 bridgehead atoms.